The number of carbonyl (C=O) groups excluding carboxylic acids is 1. The van der Waals surface area contributed by atoms with Crippen molar-refractivity contribution in [2.45, 2.75) is 12.5 Å². The fraction of sp³-hybridized carbons (Fsp3) is 0.409. The minimum absolute atomic E-state index is 0.106. The van der Waals surface area contributed by atoms with Crippen molar-refractivity contribution >= 4 is 6.03 Å². The van der Waals surface area contributed by atoms with Gasteiger partial charge in [-0.3, -0.25) is 4.90 Å². The van der Waals surface area contributed by atoms with Gasteiger partial charge >= 0.3 is 6.03 Å². The summed E-state index contributed by atoms with van der Waals surface area (Å²) in [7, 11) is 1.66. The van der Waals surface area contributed by atoms with E-state index in [9.17, 15) is 4.79 Å². The van der Waals surface area contributed by atoms with E-state index in [4.69, 9.17) is 9.47 Å². The predicted molar refractivity (Wildman–Crippen MR) is 110 cm³/mol. The second-order valence-corrected chi connectivity index (χ2v) is 6.81. The third-order valence-corrected chi connectivity index (χ3v) is 4.99. The Balaban J connectivity index is 1.53. The van der Waals surface area contributed by atoms with Crippen LogP contribution in [0.25, 0.3) is 0 Å². The van der Waals surface area contributed by atoms with Crippen LogP contribution in [0.4, 0.5) is 4.79 Å². The molecule has 2 aromatic carbocycles. The minimum Gasteiger partial charge on any atom is -0.497 e. The number of ether oxygens (including phenoxy) is 2. The number of urea groups is 1. The van der Waals surface area contributed by atoms with Crippen LogP contribution in [0.1, 0.15) is 17.2 Å². The van der Waals surface area contributed by atoms with E-state index in [2.05, 4.69) is 39.8 Å². The van der Waals surface area contributed by atoms with Crippen molar-refractivity contribution in [3.05, 3.63) is 65.7 Å². The molecule has 1 saturated heterocycles. The Labute approximate surface area is 166 Å². The van der Waals surface area contributed by atoms with Gasteiger partial charge in [0.05, 0.1) is 26.4 Å². The molecule has 2 amide bonds. The highest BCUT2D eigenvalue weighted by atomic mass is 16.5. The Hall–Kier alpha value is -2.57. The number of amides is 2. The smallest absolute Gasteiger partial charge is 0.314 e. The lowest BCUT2D eigenvalue weighted by Gasteiger charge is -2.35. The number of carbonyl (C=O) groups is 1. The summed E-state index contributed by atoms with van der Waals surface area (Å²) in [6.45, 7) is 4.30. The summed E-state index contributed by atoms with van der Waals surface area (Å²) in [4.78, 5) is 14.6. The van der Waals surface area contributed by atoms with Crippen LogP contribution in [0.5, 0.6) is 5.75 Å². The van der Waals surface area contributed by atoms with Crippen LogP contribution in [-0.4, -0.2) is 57.4 Å². The first-order valence-electron chi connectivity index (χ1n) is 9.77. The third kappa shape index (κ3) is 5.97. The lowest BCUT2D eigenvalue weighted by Crippen LogP contribution is -2.46. The minimum atomic E-state index is -0.136. The Morgan fingerprint density at radius 1 is 1.07 bits per heavy atom. The molecule has 1 unspecified atom stereocenters. The number of hydrogen-bond donors (Lipinski definition) is 2. The highest BCUT2D eigenvalue weighted by Crippen LogP contribution is 2.23. The van der Waals surface area contributed by atoms with Gasteiger partial charge < -0.3 is 20.1 Å². The largest absolute Gasteiger partial charge is 0.497 e. The first-order chi connectivity index (χ1) is 13.8. The molecule has 1 atom stereocenters. The molecule has 0 spiro atoms. The number of morpholine rings is 1. The molecule has 1 fully saturated rings. The molecule has 150 valence electrons. The maximum Gasteiger partial charge on any atom is 0.314 e. The predicted octanol–water partition coefficient (Wildman–Crippen LogP) is 2.61. The van der Waals surface area contributed by atoms with Gasteiger partial charge in [-0.15, -0.1) is 0 Å². The molecular weight excluding hydrogens is 354 g/mol. The van der Waals surface area contributed by atoms with Gasteiger partial charge in [0, 0.05) is 26.2 Å². The molecule has 1 aliphatic heterocycles. The van der Waals surface area contributed by atoms with Crippen molar-refractivity contribution in [1.82, 2.24) is 15.5 Å². The highest BCUT2D eigenvalue weighted by molar-refractivity contribution is 5.73. The van der Waals surface area contributed by atoms with E-state index in [-0.39, 0.29) is 12.1 Å². The number of hydrogen-bond acceptors (Lipinski definition) is 4. The number of nitrogens with one attached hydrogen (secondary N) is 2. The van der Waals surface area contributed by atoms with E-state index in [0.717, 1.165) is 44.0 Å². The van der Waals surface area contributed by atoms with Crippen LogP contribution in [0.15, 0.2) is 54.6 Å². The number of benzene rings is 2. The van der Waals surface area contributed by atoms with Gasteiger partial charge in [-0.25, -0.2) is 4.79 Å². The zero-order chi connectivity index (χ0) is 19.6. The molecule has 0 radical (unpaired) electrons. The molecule has 0 aliphatic carbocycles. The van der Waals surface area contributed by atoms with Gasteiger partial charge in [-0.05, 0) is 29.7 Å². The SMILES string of the molecule is COc1ccc(C(CNC(=O)NCCc2ccccc2)N2CCOCC2)cc1. The monoisotopic (exact) mass is 383 g/mol. The van der Waals surface area contributed by atoms with Crippen molar-refractivity contribution in [3.8, 4) is 5.75 Å². The van der Waals surface area contributed by atoms with Gasteiger partial charge in [0.2, 0.25) is 0 Å². The van der Waals surface area contributed by atoms with E-state index in [0.29, 0.717) is 13.1 Å². The van der Waals surface area contributed by atoms with Crippen LogP contribution in [0.3, 0.4) is 0 Å². The second kappa shape index (κ2) is 10.7. The Morgan fingerprint density at radius 2 is 1.79 bits per heavy atom. The van der Waals surface area contributed by atoms with Crippen LogP contribution >= 0.6 is 0 Å². The van der Waals surface area contributed by atoms with Crippen LogP contribution in [-0.2, 0) is 11.2 Å². The van der Waals surface area contributed by atoms with Gasteiger partial charge in [-0.1, -0.05) is 42.5 Å². The molecule has 3 rings (SSSR count). The van der Waals surface area contributed by atoms with Crippen molar-refractivity contribution in [2.24, 2.45) is 0 Å². The highest BCUT2D eigenvalue weighted by Gasteiger charge is 2.23. The average Bonchev–Trinajstić information content (AvgIpc) is 2.76. The summed E-state index contributed by atoms with van der Waals surface area (Å²) in [5, 5.41) is 5.98. The summed E-state index contributed by atoms with van der Waals surface area (Å²) in [5.74, 6) is 0.830. The molecular formula is C22H29N3O3. The number of nitrogens with zero attached hydrogens (tertiary/aromatic N) is 1. The maximum absolute atomic E-state index is 12.3. The Morgan fingerprint density at radius 3 is 2.46 bits per heavy atom. The lowest BCUT2D eigenvalue weighted by molar-refractivity contribution is 0.0167. The molecule has 0 aromatic heterocycles. The second-order valence-electron chi connectivity index (χ2n) is 6.81. The summed E-state index contributed by atoms with van der Waals surface area (Å²) in [5.41, 5.74) is 2.37. The third-order valence-electron chi connectivity index (χ3n) is 4.99. The summed E-state index contributed by atoms with van der Waals surface area (Å²) in [6, 6.07) is 18.2. The molecule has 0 saturated carbocycles. The fourth-order valence-corrected chi connectivity index (χ4v) is 3.39. The zero-order valence-corrected chi connectivity index (χ0v) is 16.4. The van der Waals surface area contributed by atoms with Crippen molar-refractivity contribution in [3.63, 3.8) is 0 Å². The molecule has 28 heavy (non-hydrogen) atoms. The molecule has 0 bridgehead atoms. The summed E-state index contributed by atoms with van der Waals surface area (Å²) >= 11 is 0. The van der Waals surface area contributed by atoms with Crippen molar-refractivity contribution in [1.29, 1.82) is 0 Å². The van der Waals surface area contributed by atoms with Crippen LogP contribution in [0.2, 0.25) is 0 Å². The van der Waals surface area contributed by atoms with Gasteiger partial charge in [-0.2, -0.15) is 0 Å². The molecule has 1 aliphatic rings. The van der Waals surface area contributed by atoms with Crippen LogP contribution < -0.4 is 15.4 Å². The summed E-state index contributed by atoms with van der Waals surface area (Å²) in [6.07, 6.45) is 0.819. The Bertz CT molecular complexity index is 716. The lowest BCUT2D eigenvalue weighted by atomic mass is 10.0. The number of rotatable bonds is 8. The molecule has 6 heteroatoms. The maximum atomic E-state index is 12.3. The molecule has 1 heterocycles. The van der Waals surface area contributed by atoms with Gasteiger partial charge in [0.1, 0.15) is 5.75 Å². The topological polar surface area (TPSA) is 62.8 Å². The average molecular weight is 383 g/mol. The van der Waals surface area contributed by atoms with E-state index in [1.54, 1.807) is 7.11 Å². The number of methoxy groups -OCH3 is 1. The van der Waals surface area contributed by atoms with E-state index < -0.39 is 0 Å². The van der Waals surface area contributed by atoms with Crippen molar-refractivity contribution < 1.29 is 14.3 Å². The summed E-state index contributed by atoms with van der Waals surface area (Å²) < 4.78 is 10.7. The normalized spacial score (nSPS) is 15.6. The fourth-order valence-electron chi connectivity index (χ4n) is 3.39. The van der Waals surface area contributed by atoms with Gasteiger partial charge in [0.15, 0.2) is 0 Å². The van der Waals surface area contributed by atoms with Crippen molar-refractivity contribution in [2.75, 3.05) is 46.5 Å². The molecule has 2 N–H and O–H groups in total. The van der Waals surface area contributed by atoms with Crippen LogP contribution in [0, 0.1) is 0 Å². The Kier molecular flexibility index (Phi) is 7.70. The first-order valence-corrected chi connectivity index (χ1v) is 9.77. The van der Waals surface area contributed by atoms with E-state index >= 15 is 0 Å². The first kappa shape index (κ1) is 20.2. The van der Waals surface area contributed by atoms with E-state index in [1.807, 2.05) is 30.3 Å². The standard InChI is InChI=1S/C22H29N3O3/c1-27-20-9-7-19(8-10-20)21(25-13-15-28-16-14-25)17-24-22(26)23-12-11-18-5-3-2-4-6-18/h2-10,21H,11-17H2,1H3,(H2,23,24,26). The van der Waals surface area contributed by atoms with Gasteiger partial charge in [0.25, 0.3) is 0 Å². The van der Waals surface area contributed by atoms with E-state index in [1.165, 1.54) is 5.56 Å². The molecule has 2 aromatic rings. The zero-order valence-electron chi connectivity index (χ0n) is 16.4. The quantitative estimate of drug-likeness (QED) is 0.736. The molecule has 6 nitrogen and oxygen atoms in total.